The van der Waals surface area contributed by atoms with Gasteiger partial charge in [-0.3, -0.25) is 24.1 Å². The average Bonchev–Trinajstić information content (AvgIpc) is 3.45. The summed E-state index contributed by atoms with van der Waals surface area (Å²) in [5.74, 6) is -0.193. The van der Waals surface area contributed by atoms with Gasteiger partial charge in [-0.25, -0.2) is 0 Å². The molecule has 0 aromatic heterocycles. The summed E-state index contributed by atoms with van der Waals surface area (Å²) in [5.41, 5.74) is 0.968. The molecule has 0 spiro atoms. The van der Waals surface area contributed by atoms with E-state index in [0.717, 1.165) is 6.42 Å². The summed E-state index contributed by atoms with van der Waals surface area (Å²) in [6, 6.07) is 5.75. The monoisotopic (exact) mass is 378 g/mol. The fraction of sp³-hybridized carbons (Fsp3) is 0.455. The maximum atomic E-state index is 13.1. The first-order valence-corrected chi connectivity index (χ1v) is 9.85. The maximum Gasteiger partial charge on any atom is 0.247 e. The van der Waals surface area contributed by atoms with E-state index in [2.05, 4.69) is 17.5 Å². The van der Waals surface area contributed by atoms with E-state index in [1.54, 1.807) is 31.2 Å². The van der Waals surface area contributed by atoms with E-state index in [1.807, 2.05) is 0 Å². The number of Topliss-reactive ketones (excluding diaryl/α,β-unsaturated/α-hetero) is 1. The van der Waals surface area contributed by atoms with Crippen molar-refractivity contribution in [1.29, 1.82) is 0 Å². The third-order valence-electron chi connectivity index (χ3n) is 7.00. The molecule has 144 valence electrons. The second kappa shape index (κ2) is 5.87. The molecule has 1 heterocycles. The lowest BCUT2D eigenvalue weighted by molar-refractivity contribution is -0.146. The van der Waals surface area contributed by atoms with Crippen molar-refractivity contribution in [3.8, 4) is 0 Å². The number of likely N-dealkylation sites (tertiary alicyclic amines) is 1. The number of ketones is 1. The summed E-state index contributed by atoms with van der Waals surface area (Å²) >= 11 is 0. The van der Waals surface area contributed by atoms with Crippen molar-refractivity contribution in [3.63, 3.8) is 0 Å². The van der Waals surface area contributed by atoms with Gasteiger partial charge in [0.25, 0.3) is 0 Å². The number of hydrogen-bond donors (Lipinski definition) is 1. The molecular weight excluding hydrogens is 356 g/mol. The van der Waals surface area contributed by atoms with E-state index < -0.39 is 11.9 Å². The van der Waals surface area contributed by atoms with Crippen molar-refractivity contribution < 1.29 is 19.2 Å². The van der Waals surface area contributed by atoms with E-state index in [9.17, 15) is 19.2 Å². The Morgan fingerprint density at radius 2 is 1.68 bits per heavy atom. The number of carbonyl (C=O) groups is 4. The zero-order chi connectivity index (χ0) is 19.7. The van der Waals surface area contributed by atoms with Crippen molar-refractivity contribution in [2.75, 3.05) is 5.32 Å². The fourth-order valence-corrected chi connectivity index (χ4v) is 5.54. The Hall–Kier alpha value is -2.76. The quantitative estimate of drug-likeness (QED) is 0.495. The standard InChI is InChI=1S/C22H22N2O4/c1-10(20(26)23-13-5-3-4-12(8-13)11(2)25)24-21(27)18-14-6-7-15(17-9-16(14)17)19(18)22(24)28/h3-8,10,14-19H,9H2,1-2H3,(H,23,26)/t10-,14+,15+,16-,17+,18-,19-/m0/s1. The van der Waals surface area contributed by atoms with Crippen LogP contribution < -0.4 is 5.32 Å². The molecule has 1 aromatic rings. The number of hydrogen-bond acceptors (Lipinski definition) is 4. The lowest BCUT2D eigenvalue weighted by Crippen LogP contribution is -2.46. The van der Waals surface area contributed by atoms with E-state index in [0.29, 0.717) is 23.1 Å². The van der Waals surface area contributed by atoms with Crippen LogP contribution in [0.1, 0.15) is 30.6 Å². The molecule has 5 aliphatic rings. The minimum atomic E-state index is -0.887. The van der Waals surface area contributed by atoms with Crippen LogP contribution in [-0.2, 0) is 14.4 Å². The molecule has 1 aliphatic heterocycles. The highest BCUT2D eigenvalue weighted by Gasteiger charge is 2.67. The molecule has 2 saturated carbocycles. The van der Waals surface area contributed by atoms with Crippen LogP contribution >= 0.6 is 0 Å². The second-order valence-corrected chi connectivity index (χ2v) is 8.50. The van der Waals surface area contributed by atoms with Crippen molar-refractivity contribution >= 4 is 29.2 Å². The van der Waals surface area contributed by atoms with Gasteiger partial charge in [0, 0.05) is 11.3 Å². The molecule has 0 unspecified atom stereocenters. The first kappa shape index (κ1) is 17.3. The normalized spacial score (nSPS) is 35.4. The van der Waals surface area contributed by atoms with E-state index in [1.165, 1.54) is 11.8 Å². The zero-order valence-corrected chi connectivity index (χ0v) is 15.8. The van der Waals surface area contributed by atoms with Crippen LogP contribution in [-0.4, -0.2) is 34.4 Å². The minimum absolute atomic E-state index is 0.0975. The van der Waals surface area contributed by atoms with Gasteiger partial charge in [0.15, 0.2) is 5.78 Å². The molecule has 0 radical (unpaired) electrons. The van der Waals surface area contributed by atoms with Gasteiger partial charge in [0.05, 0.1) is 11.8 Å². The number of imide groups is 1. The molecule has 1 aromatic carbocycles. The van der Waals surface area contributed by atoms with Crippen LogP contribution in [0.25, 0.3) is 0 Å². The molecule has 1 saturated heterocycles. The summed E-state index contributed by atoms with van der Waals surface area (Å²) in [5, 5.41) is 2.74. The molecular formula is C22H22N2O4. The Bertz CT molecular complexity index is 916. The number of allylic oxidation sites excluding steroid dienone is 2. The first-order chi connectivity index (χ1) is 13.4. The number of benzene rings is 1. The van der Waals surface area contributed by atoms with E-state index in [-0.39, 0.29) is 41.3 Å². The summed E-state index contributed by atoms with van der Waals surface area (Å²) in [7, 11) is 0. The molecule has 1 N–H and O–H groups in total. The predicted molar refractivity (Wildman–Crippen MR) is 101 cm³/mol. The molecule has 28 heavy (non-hydrogen) atoms. The predicted octanol–water partition coefficient (Wildman–Crippen LogP) is 2.27. The summed E-state index contributed by atoms with van der Waals surface area (Å²) in [6.07, 6.45) is 5.35. The zero-order valence-electron chi connectivity index (χ0n) is 15.8. The summed E-state index contributed by atoms with van der Waals surface area (Å²) in [6.45, 7) is 3.05. The van der Waals surface area contributed by atoms with E-state index >= 15 is 0 Å². The van der Waals surface area contributed by atoms with Crippen LogP contribution in [0.5, 0.6) is 0 Å². The lowest BCUT2D eigenvalue weighted by atomic mass is 9.63. The Kier molecular flexibility index (Phi) is 3.63. The average molecular weight is 378 g/mol. The van der Waals surface area contributed by atoms with Crippen molar-refractivity contribution in [2.24, 2.45) is 35.5 Å². The SMILES string of the molecule is CC(=O)c1cccc(NC(=O)[C@H](C)N2C(=O)[C@H]3[C@@H]4C=C[C@H]([C@@H]5C[C@H]45)[C@@H]3C2=O)c1. The van der Waals surface area contributed by atoms with Gasteiger partial charge < -0.3 is 5.32 Å². The maximum absolute atomic E-state index is 13.1. The number of nitrogens with zero attached hydrogens (tertiary/aromatic N) is 1. The van der Waals surface area contributed by atoms with Crippen LogP contribution in [0.2, 0.25) is 0 Å². The Balaban J connectivity index is 1.36. The van der Waals surface area contributed by atoms with Gasteiger partial charge in [-0.2, -0.15) is 0 Å². The molecule has 3 amide bonds. The van der Waals surface area contributed by atoms with Crippen LogP contribution in [0.4, 0.5) is 5.69 Å². The second-order valence-electron chi connectivity index (χ2n) is 8.50. The highest BCUT2D eigenvalue weighted by Crippen LogP contribution is 2.65. The van der Waals surface area contributed by atoms with Gasteiger partial charge >= 0.3 is 0 Å². The molecule has 3 fully saturated rings. The van der Waals surface area contributed by atoms with Gasteiger partial charge in [0.1, 0.15) is 6.04 Å². The topological polar surface area (TPSA) is 83.6 Å². The number of anilines is 1. The van der Waals surface area contributed by atoms with Crippen molar-refractivity contribution in [2.45, 2.75) is 26.3 Å². The fourth-order valence-electron chi connectivity index (χ4n) is 5.54. The largest absolute Gasteiger partial charge is 0.324 e. The first-order valence-electron chi connectivity index (χ1n) is 9.85. The Morgan fingerprint density at radius 3 is 2.25 bits per heavy atom. The van der Waals surface area contributed by atoms with Crippen LogP contribution in [0, 0.1) is 35.5 Å². The summed E-state index contributed by atoms with van der Waals surface area (Å²) in [4.78, 5) is 51.7. The Labute approximate surface area is 163 Å². The molecule has 6 rings (SSSR count). The molecule has 7 atom stereocenters. The third-order valence-corrected chi connectivity index (χ3v) is 7.00. The van der Waals surface area contributed by atoms with Crippen molar-refractivity contribution in [1.82, 2.24) is 4.90 Å². The van der Waals surface area contributed by atoms with Gasteiger partial charge in [0.2, 0.25) is 17.7 Å². The molecule has 6 nitrogen and oxygen atoms in total. The van der Waals surface area contributed by atoms with E-state index in [4.69, 9.17) is 0 Å². The van der Waals surface area contributed by atoms with Gasteiger partial charge in [-0.1, -0.05) is 24.3 Å². The van der Waals surface area contributed by atoms with Crippen LogP contribution in [0.3, 0.4) is 0 Å². The van der Waals surface area contributed by atoms with Gasteiger partial charge in [-0.05, 0) is 56.1 Å². The number of carbonyl (C=O) groups excluding carboxylic acids is 4. The molecule has 2 bridgehead atoms. The minimum Gasteiger partial charge on any atom is -0.324 e. The molecule has 6 heteroatoms. The van der Waals surface area contributed by atoms with Crippen molar-refractivity contribution in [3.05, 3.63) is 42.0 Å². The number of rotatable bonds is 4. The smallest absolute Gasteiger partial charge is 0.247 e. The Morgan fingerprint density at radius 1 is 1.07 bits per heavy atom. The molecule has 4 aliphatic carbocycles. The number of nitrogens with one attached hydrogen (secondary N) is 1. The lowest BCUT2D eigenvalue weighted by Gasteiger charge is -2.37. The third kappa shape index (κ3) is 2.33. The van der Waals surface area contributed by atoms with Gasteiger partial charge in [-0.15, -0.1) is 0 Å². The highest BCUT2D eigenvalue weighted by atomic mass is 16.2. The summed E-state index contributed by atoms with van der Waals surface area (Å²) < 4.78 is 0. The van der Waals surface area contributed by atoms with Crippen LogP contribution in [0.15, 0.2) is 36.4 Å². The highest BCUT2D eigenvalue weighted by molar-refractivity contribution is 6.10. The number of amides is 3.